The van der Waals surface area contributed by atoms with Crippen LogP contribution in [0, 0.1) is 0 Å². The first-order chi connectivity index (χ1) is 13.2. The molecule has 0 fully saturated rings. The van der Waals surface area contributed by atoms with E-state index < -0.39 is 0 Å². The molecule has 1 unspecified atom stereocenters. The van der Waals surface area contributed by atoms with Gasteiger partial charge in [0.15, 0.2) is 11.5 Å². The van der Waals surface area contributed by atoms with Gasteiger partial charge in [0.05, 0.1) is 19.1 Å². The number of nitrogens with zero attached hydrogens (tertiary/aromatic N) is 3. The number of carbonyl (C=O) groups is 1. The van der Waals surface area contributed by atoms with Crippen molar-refractivity contribution < 1.29 is 9.53 Å². The summed E-state index contributed by atoms with van der Waals surface area (Å²) in [6.45, 7) is 2.58. The van der Waals surface area contributed by atoms with Gasteiger partial charge < -0.3 is 10.1 Å². The molecule has 1 aromatic carbocycles. The highest BCUT2D eigenvalue weighted by atomic mass is 32.2. The van der Waals surface area contributed by atoms with Gasteiger partial charge in [-0.2, -0.15) is 11.8 Å². The number of rotatable bonds is 9. The van der Waals surface area contributed by atoms with Gasteiger partial charge in [-0.3, -0.25) is 9.20 Å². The van der Waals surface area contributed by atoms with Crippen LogP contribution < -0.4 is 10.1 Å². The fourth-order valence-electron chi connectivity index (χ4n) is 2.90. The molecule has 0 aliphatic heterocycles. The van der Waals surface area contributed by atoms with E-state index in [1.807, 2.05) is 60.0 Å². The first kappa shape index (κ1) is 19.2. The Balaban J connectivity index is 1.71. The summed E-state index contributed by atoms with van der Waals surface area (Å²) in [5.41, 5.74) is 1.73. The van der Waals surface area contributed by atoms with Crippen molar-refractivity contribution in [2.75, 3.05) is 18.6 Å². The predicted octanol–water partition coefficient (Wildman–Crippen LogP) is 3.28. The van der Waals surface area contributed by atoms with Crippen LogP contribution in [-0.4, -0.2) is 39.1 Å². The van der Waals surface area contributed by atoms with Crippen molar-refractivity contribution >= 4 is 23.3 Å². The number of hydrogen-bond acceptors (Lipinski definition) is 5. The smallest absolute Gasteiger partial charge is 0.225 e. The molecular weight excluding hydrogens is 360 g/mol. The number of hydrogen-bond donors (Lipinski definition) is 1. The summed E-state index contributed by atoms with van der Waals surface area (Å²) in [7, 11) is 0. The minimum atomic E-state index is -0.176. The van der Waals surface area contributed by atoms with E-state index in [1.165, 1.54) is 0 Å². The fraction of sp³-hybridized carbons (Fsp3) is 0.350. The van der Waals surface area contributed by atoms with Crippen LogP contribution in [0.5, 0.6) is 5.75 Å². The zero-order valence-electron chi connectivity index (χ0n) is 15.6. The minimum absolute atomic E-state index is 0.0297. The number of aromatic nitrogens is 3. The van der Waals surface area contributed by atoms with E-state index in [0.717, 1.165) is 35.0 Å². The SMILES string of the molecule is CCOc1ccc(CC(=O)NC(CCSC)c2nnc3ccccn23)cc1. The number of pyridine rings is 1. The summed E-state index contributed by atoms with van der Waals surface area (Å²) in [5.74, 6) is 2.47. The molecule has 0 saturated carbocycles. The lowest BCUT2D eigenvalue weighted by Crippen LogP contribution is -2.31. The molecule has 1 N–H and O–H groups in total. The van der Waals surface area contributed by atoms with E-state index >= 15 is 0 Å². The molecule has 2 aromatic heterocycles. The lowest BCUT2D eigenvalue weighted by Gasteiger charge is -2.17. The Morgan fingerprint density at radius 2 is 2.04 bits per heavy atom. The number of carbonyl (C=O) groups excluding carboxylic acids is 1. The quantitative estimate of drug-likeness (QED) is 0.613. The maximum Gasteiger partial charge on any atom is 0.225 e. The average molecular weight is 385 g/mol. The molecule has 1 amide bonds. The molecule has 0 spiro atoms. The van der Waals surface area contributed by atoms with Gasteiger partial charge in [0.25, 0.3) is 0 Å². The van der Waals surface area contributed by atoms with Crippen molar-refractivity contribution in [3.8, 4) is 5.75 Å². The molecule has 0 bridgehead atoms. The molecule has 3 aromatic rings. The third kappa shape index (κ3) is 5.01. The summed E-state index contributed by atoms with van der Waals surface area (Å²) >= 11 is 1.75. The van der Waals surface area contributed by atoms with Crippen molar-refractivity contribution in [2.24, 2.45) is 0 Å². The van der Waals surface area contributed by atoms with E-state index in [4.69, 9.17) is 4.74 Å². The van der Waals surface area contributed by atoms with Crippen LogP contribution >= 0.6 is 11.8 Å². The van der Waals surface area contributed by atoms with Gasteiger partial charge in [-0.25, -0.2) is 0 Å². The normalized spacial score (nSPS) is 12.1. The molecule has 0 aliphatic carbocycles. The van der Waals surface area contributed by atoms with Gasteiger partial charge in [-0.15, -0.1) is 10.2 Å². The topological polar surface area (TPSA) is 68.5 Å². The van der Waals surface area contributed by atoms with Crippen LogP contribution in [0.3, 0.4) is 0 Å². The van der Waals surface area contributed by atoms with Crippen LogP contribution in [0.25, 0.3) is 5.65 Å². The second kappa shape index (κ2) is 9.41. The van der Waals surface area contributed by atoms with Crippen molar-refractivity contribution in [3.63, 3.8) is 0 Å². The van der Waals surface area contributed by atoms with Gasteiger partial charge in [0.1, 0.15) is 5.75 Å². The Kier molecular flexibility index (Phi) is 6.70. The maximum atomic E-state index is 12.6. The predicted molar refractivity (Wildman–Crippen MR) is 108 cm³/mol. The molecular formula is C20H24N4O2S. The molecule has 0 aliphatic rings. The number of fused-ring (bicyclic) bond motifs is 1. The number of amides is 1. The molecule has 27 heavy (non-hydrogen) atoms. The Morgan fingerprint density at radius 1 is 1.22 bits per heavy atom. The van der Waals surface area contributed by atoms with Crippen LogP contribution in [-0.2, 0) is 11.2 Å². The molecule has 0 saturated heterocycles. The van der Waals surface area contributed by atoms with Crippen molar-refractivity contribution in [2.45, 2.75) is 25.8 Å². The van der Waals surface area contributed by atoms with Crippen LogP contribution in [0.2, 0.25) is 0 Å². The standard InChI is InChI=1S/C20H24N4O2S/c1-3-26-16-9-7-15(8-10-16)14-19(25)21-17(11-13-27-2)20-23-22-18-6-4-5-12-24(18)20/h4-10,12,17H,3,11,13-14H2,1-2H3,(H,21,25). The third-order valence-electron chi connectivity index (χ3n) is 4.20. The Hall–Kier alpha value is -2.54. The van der Waals surface area contributed by atoms with Crippen molar-refractivity contribution in [1.29, 1.82) is 0 Å². The van der Waals surface area contributed by atoms with E-state index in [0.29, 0.717) is 13.0 Å². The largest absolute Gasteiger partial charge is 0.494 e. The Bertz CT molecular complexity index is 879. The highest BCUT2D eigenvalue weighted by Crippen LogP contribution is 2.19. The molecule has 142 valence electrons. The van der Waals surface area contributed by atoms with E-state index in [9.17, 15) is 4.79 Å². The summed E-state index contributed by atoms with van der Waals surface area (Å²) in [5, 5.41) is 11.6. The highest BCUT2D eigenvalue weighted by Gasteiger charge is 2.20. The molecule has 6 nitrogen and oxygen atoms in total. The van der Waals surface area contributed by atoms with Gasteiger partial charge in [-0.05, 0) is 55.2 Å². The zero-order chi connectivity index (χ0) is 19.1. The van der Waals surface area contributed by atoms with Crippen LogP contribution in [0.4, 0.5) is 0 Å². The number of benzene rings is 1. The van der Waals surface area contributed by atoms with Crippen LogP contribution in [0.15, 0.2) is 48.7 Å². The van der Waals surface area contributed by atoms with Crippen molar-refractivity contribution in [1.82, 2.24) is 19.9 Å². The van der Waals surface area contributed by atoms with Gasteiger partial charge in [0.2, 0.25) is 5.91 Å². The average Bonchev–Trinajstić information content (AvgIpc) is 3.11. The second-order valence-corrected chi connectivity index (χ2v) is 7.13. The zero-order valence-corrected chi connectivity index (χ0v) is 16.4. The number of thioether (sulfide) groups is 1. The van der Waals surface area contributed by atoms with E-state index in [-0.39, 0.29) is 11.9 Å². The molecule has 7 heteroatoms. The third-order valence-corrected chi connectivity index (χ3v) is 4.84. The van der Waals surface area contributed by atoms with Gasteiger partial charge >= 0.3 is 0 Å². The minimum Gasteiger partial charge on any atom is -0.494 e. The summed E-state index contributed by atoms with van der Waals surface area (Å²) in [4.78, 5) is 12.6. The van der Waals surface area contributed by atoms with E-state index in [2.05, 4.69) is 21.8 Å². The lowest BCUT2D eigenvalue weighted by atomic mass is 10.1. The molecule has 2 heterocycles. The molecule has 3 rings (SSSR count). The second-order valence-electron chi connectivity index (χ2n) is 6.14. The Labute approximate surface area is 163 Å². The Morgan fingerprint density at radius 3 is 2.78 bits per heavy atom. The summed E-state index contributed by atoms with van der Waals surface area (Å²) in [6, 6.07) is 13.2. The van der Waals surface area contributed by atoms with Gasteiger partial charge in [0, 0.05) is 6.20 Å². The monoisotopic (exact) mass is 384 g/mol. The molecule has 1 atom stereocenters. The summed E-state index contributed by atoms with van der Waals surface area (Å²) in [6.07, 6.45) is 5.10. The van der Waals surface area contributed by atoms with Crippen molar-refractivity contribution in [3.05, 3.63) is 60.0 Å². The first-order valence-electron chi connectivity index (χ1n) is 9.01. The van der Waals surface area contributed by atoms with Gasteiger partial charge in [-0.1, -0.05) is 18.2 Å². The molecule has 0 radical (unpaired) electrons. The lowest BCUT2D eigenvalue weighted by molar-refractivity contribution is -0.121. The first-order valence-corrected chi connectivity index (χ1v) is 10.4. The van der Waals surface area contributed by atoms with E-state index in [1.54, 1.807) is 11.8 Å². The van der Waals surface area contributed by atoms with Crippen LogP contribution in [0.1, 0.15) is 30.8 Å². The number of nitrogens with one attached hydrogen (secondary N) is 1. The highest BCUT2D eigenvalue weighted by molar-refractivity contribution is 7.98. The maximum absolute atomic E-state index is 12.6. The number of ether oxygens (including phenoxy) is 1. The summed E-state index contributed by atoms with van der Waals surface area (Å²) < 4.78 is 7.38. The fourth-order valence-corrected chi connectivity index (χ4v) is 3.37.